The number of hydrogen-bond donors (Lipinski definition) is 2. The van der Waals surface area contributed by atoms with Gasteiger partial charge in [-0.05, 0) is 68.1 Å². The fourth-order valence-electron chi connectivity index (χ4n) is 3.16. The molecule has 3 rings (SSSR count). The Morgan fingerprint density at radius 1 is 1.37 bits per heavy atom. The Balaban J connectivity index is 1.50. The Kier molecular flexibility index (Phi) is 6.58. The molecule has 0 heterocycles. The number of nitrogens with one attached hydrogen (secondary N) is 2. The summed E-state index contributed by atoms with van der Waals surface area (Å²) < 4.78 is 25.1. The maximum absolute atomic E-state index is 14.3. The molecule has 0 aromatic heterocycles. The van der Waals surface area contributed by atoms with Crippen molar-refractivity contribution in [2.24, 2.45) is 16.3 Å². The number of ether oxygens (including phenoxy) is 2. The third-order valence-corrected chi connectivity index (χ3v) is 5.63. The van der Waals surface area contributed by atoms with E-state index in [2.05, 4.69) is 15.6 Å². The van der Waals surface area contributed by atoms with E-state index < -0.39 is 0 Å². The van der Waals surface area contributed by atoms with Crippen molar-refractivity contribution in [3.05, 3.63) is 29.6 Å². The number of nitrogens with zero attached hydrogens (tertiary/aromatic N) is 1. The standard InChI is InChI=1S/C21H32FN3O2/c1-15(17-6-7-19(18(22)12-17)27-13-16-4-5-16)25-20(23-2)24-14-21(8-9-21)10-11-26-3/h6-7,12,15-16H,4-5,8-11,13-14H2,1-3H3,(H2,23,24,25). The summed E-state index contributed by atoms with van der Waals surface area (Å²) in [6.45, 7) is 4.29. The Hall–Kier alpha value is -1.82. The van der Waals surface area contributed by atoms with Gasteiger partial charge in [0.25, 0.3) is 0 Å². The van der Waals surface area contributed by atoms with Gasteiger partial charge in [-0.25, -0.2) is 4.39 Å². The summed E-state index contributed by atoms with van der Waals surface area (Å²) in [6, 6.07) is 5.13. The predicted molar refractivity (Wildman–Crippen MR) is 106 cm³/mol. The van der Waals surface area contributed by atoms with Gasteiger partial charge in [0.1, 0.15) is 0 Å². The van der Waals surface area contributed by atoms with Crippen LogP contribution in [0.25, 0.3) is 0 Å². The van der Waals surface area contributed by atoms with Crippen molar-refractivity contribution in [3.63, 3.8) is 0 Å². The summed E-state index contributed by atoms with van der Waals surface area (Å²) in [7, 11) is 3.50. The lowest BCUT2D eigenvalue weighted by Gasteiger charge is -2.21. The highest BCUT2D eigenvalue weighted by molar-refractivity contribution is 5.80. The van der Waals surface area contributed by atoms with Crippen molar-refractivity contribution < 1.29 is 13.9 Å². The zero-order chi connectivity index (χ0) is 19.3. The van der Waals surface area contributed by atoms with Gasteiger partial charge in [0.15, 0.2) is 17.5 Å². The molecule has 1 unspecified atom stereocenters. The summed E-state index contributed by atoms with van der Waals surface area (Å²) >= 11 is 0. The first-order chi connectivity index (χ1) is 13.0. The van der Waals surface area contributed by atoms with E-state index in [-0.39, 0.29) is 11.9 Å². The third kappa shape index (κ3) is 5.83. The molecule has 0 amide bonds. The van der Waals surface area contributed by atoms with E-state index >= 15 is 0 Å². The molecule has 2 saturated carbocycles. The average molecular weight is 378 g/mol. The monoisotopic (exact) mass is 377 g/mol. The second-order valence-corrected chi connectivity index (χ2v) is 7.98. The molecule has 0 spiro atoms. The molecular formula is C21H32FN3O2. The second kappa shape index (κ2) is 8.91. The van der Waals surface area contributed by atoms with Crippen LogP contribution in [0.4, 0.5) is 4.39 Å². The summed E-state index contributed by atoms with van der Waals surface area (Å²) in [5.41, 5.74) is 1.21. The first-order valence-corrected chi connectivity index (χ1v) is 9.93. The van der Waals surface area contributed by atoms with Gasteiger partial charge >= 0.3 is 0 Å². The van der Waals surface area contributed by atoms with E-state index in [1.54, 1.807) is 26.3 Å². The molecular weight excluding hydrogens is 345 g/mol. The molecule has 1 aromatic carbocycles. The molecule has 2 aliphatic carbocycles. The van der Waals surface area contributed by atoms with E-state index in [4.69, 9.17) is 9.47 Å². The predicted octanol–water partition coefficient (Wildman–Crippen LogP) is 3.66. The minimum Gasteiger partial charge on any atom is -0.490 e. The maximum atomic E-state index is 14.3. The zero-order valence-electron chi connectivity index (χ0n) is 16.7. The normalized spacial score (nSPS) is 19.5. The molecule has 150 valence electrons. The number of benzene rings is 1. The van der Waals surface area contributed by atoms with E-state index in [9.17, 15) is 4.39 Å². The quantitative estimate of drug-likeness (QED) is 0.483. The van der Waals surface area contributed by atoms with Crippen LogP contribution in [0.2, 0.25) is 0 Å². The van der Waals surface area contributed by atoms with Crippen LogP contribution in [0.3, 0.4) is 0 Å². The average Bonchev–Trinajstić information content (AvgIpc) is 3.58. The number of rotatable bonds is 10. The van der Waals surface area contributed by atoms with E-state index in [0.717, 1.165) is 31.1 Å². The van der Waals surface area contributed by atoms with Crippen molar-refractivity contribution in [2.75, 3.05) is 33.9 Å². The molecule has 6 heteroatoms. The summed E-state index contributed by atoms with van der Waals surface area (Å²) in [5.74, 6) is 1.38. The fourth-order valence-corrected chi connectivity index (χ4v) is 3.16. The third-order valence-electron chi connectivity index (χ3n) is 5.63. The van der Waals surface area contributed by atoms with Crippen LogP contribution in [0.5, 0.6) is 5.75 Å². The molecule has 0 saturated heterocycles. The second-order valence-electron chi connectivity index (χ2n) is 7.98. The maximum Gasteiger partial charge on any atom is 0.191 e. The Labute approximate surface area is 161 Å². The van der Waals surface area contributed by atoms with E-state index in [1.165, 1.54) is 25.7 Å². The van der Waals surface area contributed by atoms with Crippen LogP contribution in [0.1, 0.15) is 50.6 Å². The fraction of sp³-hybridized carbons (Fsp3) is 0.667. The van der Waals surface area contributed by atoms with Gasteiger partial charge in [-0.1, -0.05) is 6.07 Å². The molecule has 2 N–H and O–H groups in total. The lowest BCUT2D eigenvalue weighted by Crippen LogP contribution is -2.41. The lowest BCUT2D eigenvalue weighted by atomic mass is 10.0. The van der Waals surface area contributed by atoms with Crippen LogP contribution >= 0.6 is 0 Å². The molecule has 0 aliphatic heterocycles. The molecule has 0 radical (unpaired) electrons. The number of halogens is 1. The minimum absolute atomic E-state index is 0.0580. The van der Waals surface area contributed by atoms with Crippen LogP contribution in [-0.2, 0) is 4.74 Å². The molecule has 1 atom stereocenters. The van der Waals surface area contributed by atoms with Crippen molar-refractivity contribution >= 4 is 5.96 Å². The molecule has 2 aliphatic rings. The number of guanidine groups is 1. The Morgan fingerprint density at radius 3 is 2.74 bits per heavy atom. The molecule has 2 fully saturated rings. The van der Waals surface area contributed by atoms with Crippen molar-refractivity contribution in [1.82, 2.24) is 10.6 Å². The van der Waals surface area contributed by atoms with Crippen LogP contribution in [0.15, 0.2) is 23.2 Å². The Morgan fingerprint density at radius 2 is 2.15 bits per heavy atom. The molecule has 27 heavy (non-hydrogen) atoms. The SMILES string of the molecule is CN=C(NCC1(CCOC)CC1)NC(C)c1ccc(OCC2CC2)c(F)c1. The van der Waals surface area contributed by atoms with Gasteiger partial charge in [0, 0.05) is 27.3 Å². The van der Waals surface area contributed by atoms with Crippen LogP contribution in [0, 0.1) is 17.2 Å². The van der Waals surface area contributed by atoms with Gasteiger partial charge in [-0.15, -0.1) is 0 Å². The zero-order valence-corrected chi connectivity index (χ0v) is 16.7. The number of aliphatic imine (C=N–C) groups is 1. The smallest absolute Gasteiger partial charge is 0.191 e. The van der Waals surface area contributed by atoms with Crippen LogP contribution in [-0.4, -0.2) is 39.9 Å². The summed E-state index contributed by atoms with van der Waals surface area (Å²) in [5, 5.41) is 6.76. The molecule has 1 aromatic rings. The number of hydrogen-bond acceptors (Lipinski definition) is 3. The van der Waals surface area contributed by atoms with Crippen LogP contribution < -0.4 is 15.4 Å². The van der Waals surface area contributed by atoms with Gasteiger partial charge in [0.05, 0.1) is 12.6 Å². The summed E-state index contributed by atoms with van der Waals surface area (Å²) in [4.78, 5) is 4.31. The molecule has 0 bridgehead atoms. The topological polar surface area (TPSA) is 54.9 Å². The van der Waals surface area contributed by atoms with Gasteiger partial charge in [0.2, 0.25) is 0 Å². The highest BCUT2D eigenvalue weighted by atomic mass is 19.1. The Bertz CT molecular complexity index is 657. The highest BCUT2D eigenvalue weighted by Gasteiger charge is 2.41. The van der Waals surface area contributed by atoms with Crippen molar-refractivity contribution in [2.45, 2.75) is 45.1 Å². The highest BCUT2D eigenvalue weighted by Crippen LogP contribution is 2.48. The summed E-state index contributed by atoms with van der Waals surface area (Å²) in [6.07, 6.45) is 5.91. The van der Waals surface area contributed by atoms with Gasteiger partial charge in [-0.2, -0.15) is 0 Å². The van der Waals surface area contributed by atoms with Crippen molar-refractivity contribution in [1.29, 1.82) is 0 Å². The lowest BCUT2D eigenvalue weighted by molar-refractivity contribution is 0.172. The minimum atomic E-state index is -0.304. The first-order valence-electron chi connectivity index (χ1n) is 9.93. The molecule has 5 nitrogen and oxygen atoms in total. The van der Waals surface area contributed by atoms with Gasteiger partial charge in [-0.3, -0.25) is 4.99 Å². The number of methoxy groups -OCH3 is 1. The van der Waals surface area contributed by atoms with Crippen molar-refractivity contribution in [3.8, 4) is 5.75 Å². The van der Waals surface area contributed by atoms with Gasteiger partial charge < -0.3 is 20.1 Å². The van der Waals surface area contributed by atoms with E-state index in [1.807, 2.05) is 13.0 Å². The van der Waals surface area contributed by atoms with E-state index in [0.29, 0.717) is 23.7 Å². The first kappa shape index (κ1) is 19.9. The largest absolute Gasteiger partial charge is 0.490 e.